The van der Waals surface area contributed by atoms with Crippen LogP contribution in [0, 0.1) is 40.6 Å². The van der Waals surface area contributed by atoms with E-state index >= 15 is 0 Å². The summed E-state index contributed by atoms with van der Waals surface area (Å²) in [7, 11) is -1.64. The quantitative estimate of drug-likeness (QED) is 0.133. The van der Waals surface area contributed by atoms with Gasteiger partial charge in [-0.05, 0) is 228 Å². The molecule has 2 heterocycles. The Kier molecular flexibility index (Phi) is 15.0. The highest BCUT2D eigenvalue weighted by Crippen LogP contribution is 2.54. The molecule has 0 atom stereocenters. The largest absolute Gasteiger partial charge is 0.487 e. The second kappa shape index (κ2) is 23.5. The summed E-state index contributed by atoms with van der Waals surface area (Å²) in [6.45, 7) is 16.0. The lowest BCUT2D eigenvalue weighted by atomic mass is 9.73. The lowest BCUT2D eigenvalue weighted by Crippen LogP contribution is -2.30. The highest BCUT2D eigenvalue weighted by molar-refractivity contribution is 9.10. The molecule has 0 amide bonds. The van der Waals surface area contributed by atoms with Gasteiger partial charge >= 0.3 is 7.12 Å². The zero-order valence-corrected chi connectivity index (χ0v) is 52.9. The molecule has 2 aliphatic heterocycles. The number of nitriles is 3. The molecule has 4 aliphatic rings. The fourth-order valence-electron chi connectivity index (χ4n) is 14.3. The molecule has 10 heteroatoms. The highest BCUT2D eigenvalue weighted by atomic mass is 79.9. The summed E-state index contributed by atoms with van der Waals surface area (Å²) in [6, 6.07) is 87.5. The molecule has 0 saturated carbocycles. The first-order valence-electron chi connectivity index (χ1n) is 30.8. The van der Waals surface area contributed by atoms with Crippen LogP contribution >= 0.6 is 15.9 Å². The topological polar surface area (TPSA) is 123 Å². The van der Waals surface area contributed by atoms with Gasteiger partial charge in [-0.1, -0.05) is 177 Å². The first-order valence-corrected chi connectivity index (χ1v) is 31.6. The number of anilines is 6. The predicted molar refractivity (Wildman–Crippen MR) is 375 cm³/mol. The van der Waals surface area contributed by atoms with E-state index in [1.54, 1.807) is 6.07 Å². The van der Waals surface area contributed by atoms with Crippen molar-refractivity contribution >= 4 is 89.9 Å². The Labute approximate surface area is 545 Å². The lowest BCUT2D eigenvalue weighted by Gasteiger charge is -2.42. The predicted octanol–water partition coefficient (Wildman–Crippen LogP) is 18.8. The molecule has 0 aromatic heterocycles. The van der Waals surface area contributed by atoms with Crippen molar-refractivity contribution in [3.8, 4) is 29.3 Å². The van der Waals surface area contributed by atoms with Gasteiger partial charge in [-0.2, -0.15) is 15.8 Å². The van der Waals surface area contributed by atoms with Crippen molar-refractivity contribution in [2.24, 2.45) is 0 Å². The zero-order valence-electron chi connectivity index (χ0n) is 51.3. The van der Waals surface area contributed by atoms with Crippen molar-refractivity contribution in [3.63, 3.8) is 0 Å². The normalized spacial score (nSPS) is 13.7. The number of fused-ring (bicyclic) bond motifs is 10. The van der Waals surface area contributed by atoms with Gasteiger partial charge in [0.2, 0.25) is 0 Å². The highest BCUT2D eigenvalue weighted by Gasteiger charge is 2.38. The molecular formula is C82H60BBrN6O2. The van der Waals surface area contributed by atoms with Gasteiger partial charge in [0.25, 0.3) is 0 Å². The monoisotopic (exact) mass is 1250 g/mol. The first-order chi connectivity index (χ1) is 44.6. The van der Waals surface area contributed by atoms with E-state index in [4.69, 9.17) is 21.9 Å². The van der Waals surface area contributed by atoms with Gasteiger partial charge in [0.05, 0.1) is 58.7 Å². The molecule has 12 aromatic carbocycles. The van der Waals surface area contributed by atoms with Crippen molar-refractivity contribution in [1.29, 1.82) is 15.8 Å². The summed E-state index contributed by atoms with van der Waals surface area (Å²) in [5, 5.41) is 50.1. The standard InChI is InChI=1S/C41H29N3.C33H26BrN.C8H5BN2O2/c1-41(2)37-7-3-5-9-39(37)44(40-10-6-4-8-38(40)41)36-14-13-30-20-33-21-32-18-28(31-16-26(24-42)15-27(17-31)25-43)11-12-29(32)19-34(33)22-35(30)23-36;1-33(2)29-7-3-5-9-31(29)35(32-10-6-4-8-30(32)33)28-14-12-22-16-23-17-25-19-27(34)13-11-21(25)15-24(23)18-26(22)20-28;1-11-8-3-6(5-10)2-7(4-8)9(12)13/h3-19,21,23H,20,22H2,1-2H3;3-15,17,19-20H,16,18H2,1-2H3;2-4,12-13H. The van der Waals surface area contributed by atoms with Crippen molar-refractivity contribution in [1.82, 2.24) is 0 Å². The summed E-state index contributed by atoms with van der Waals surface area (Å²) in [5.74, 6) is 0. The number of halogens is 1. The molecule has 12 aromatic rings. The van der Waals surface area contributed by atoms with E-state index in [0.29, 0.717) is 11.1 Å². The number of hydrogen-bond acceptors (Lipinski definition) is 7. The third-order valence-electron chi connectivity index (χ3n) is 19.0. The van der Waals surface area contributed by atoms with Crippen LogP contribution in [0.3, 0.4) is 0 Å². The summed E-state index contributed by atoms with van der Waals surface area (Å²) in [4.78, 5) is 8.00. The van der Waals surface area contributed by atoms with E-state index in [1.807, 2.05) is 18.2 Å². The Morgan fingerprint density at radius 1 is 0.402 bits per heavy atom. The van der Waals surface area contributed by atoms with Crippen LogP contribution in [0.4, 0.5) is 39.8 Å². The van der Waals surface area contributed by atoms with Gasteiger partial charge in [-0.3, -0.25) is 0 Å². The molecule has 0 saturated heterocycles. The molecule has 440 valence electrons. The smallest absolute Gasteiger partial charge is 0.423 e. The van der Waals surface area contributed by atoms with Crippen LogP contribution in [-0.2, 0) is 36.5 Å². The number of nitrogens with zero attached hydrogens (tertiary/aromatic N) is 6. The number of rotatable bonds is 4. The van der Waals surface area contributed by atoms with Crippen LogP contribution < -0.4 is 15.3 Å². The van der Waals surface area contributed by atoms with Crippen LogP contribution in [0.5, 0.6) is 0 Å². The van der Waals surface area contributed by atoms with Crippen LogP contribution in [-0.4, -0.2) is 17.2 Å². The van der Waals surface area contributed by atoms with Crippen molar-refractivity contribution < 1.29 is 10.0 Å². The molecule has 0 radical (unpaired) electrons. The minimum atomic E-state index is -1.64. The Hall–Kier alpha value is -10.8. The lowest BCUT2D eigenvalue weighted by molar-refractivity contribution is 0.426. The van der Waals surface area contributed by atoms with E-state index in [9.17, 15) is 10.5 Å². The van der Waals surface area contributed by atoms with Crippen molar-refractivity contribution in [2.75, 3.05) is 9.80 Å². The van der Waals surface area contributed by atoms with Crippen molar-refractivity contribution in [3.05, 3.63) is 330 Å². The Bertz CT molecular complexity index is 5050. The Morgan fingerprint density at radius 3 is 1.23 bits per heavy atom. The molecule has 8 nitrogen and oxygen atoms in total. The summed E-state index contributed by atoms with van der Waals surface area (Å²) < 4.78 is 1.14. The molecule has 92 heavy (non-hydrogen) atoms. The zero-order chi connectivity index (χ0) is 63.6. The fourth-order valence-corrected chi connectivity index (χ4v) is 14.7. The molecule has 2 N–H and O–H groups in total. The van der Waals surface area contributed by atoms with Gasteiger partial charge in [0.15, 0.2) is 5.69 Å². The second-order valence-corrected chi connectivity index (χ2v) is 26.2. The van der Waals surface area contributed by atoms with E-state index in [2.05, 4.69) is 265 Å². The average Bonchev–Trinajstić information content (AvgIpc) is 0.756. The molecule has 0 fully saturated rings. The molecule has 0 spiro atoms. The van der Waals surface area contributed by atoms with Gasteiger partial charge in [-0.25, -0.2) is 4.85 Å². The third kappa shape index (κ3) is 10.7. The van der Waals surface area contributed by atoms with Crippen LogP contribution in [0.2, 0.25) is 0 Å². The van der Waals surface area contributed by atoms with E-state index in [1.165, 1.54) is 141 Å². The Morgan fingerprint density at radius 2 is 0.793 bits per heavy atom. The van der Waals surface area contributed by atoms with Crippen molar-refractivity contribution in [2.45, 2.75) is 64.2 Å². The van der Waals surface area contributed by atoms with Crippen LogP contribution in [0.25, 0.3) is 37.5 Å². The van der Waals surface area contributed by atoms with Gasteiger partial charge in [-0.15, -0.1) is 0 Å². The minimum absolute atomic E-state index is 0.0348. The minimum Gasteiger partial charge on any atom is -0.423 e. The fraction of sp³-hybridized carbons (Fsp3) is 0.122. The summed E-state index contributed by atoms with van der Waals surface area (Å²) >= 11 is 3.63. The van der Waals surface area contributed by atoms with E-state index < -0.39 is 7.12 Å². The van der Waals surface area contributed by atoms with Crippen LogP contribution in [0.15, 0.2) is 235 Å². The Balaban J connectivity index is 0.000000136. The third-order valence-corrected chi connectivity index (χ3v) is 19.5. The van der Waals surface area contributed by atoms with Gasteiger partial charge in [0, 0.05) is 32.2 Å². The molecule has 0 unspecified atom stereocenters. The number of benzene rings is 12. The number of hydrogen-bond donors (Lipinski definition) is 2. The maximum Gasteiger partial charge on any atom is 0.487 e. The van der Waals surface area contributed by atoms with E-state index in [-0.39, 0.29) is 27.5 Å². The number of para-hydroxylation sites is 4. The van der Waals surface area contributed by atoms with Gasteiger partial charge < -0.3 is 19.8 Å². The maximum absolute atomic E-state index is 9.45. The average molecular weight is 1250 g/mol. The molecule has 0 bridgehead atoms. The maximum atomic E-state index is 9.45. The van der Waals surface area contributed by atoms with Gasteiger partial charge in [0.1, 0.15) is 0 Å². The summed E-state index contributed by atoms with van der Waals surface area (Å²) in [5.41, 5.74) is 27.6. The SMILES string of the molecule is CC1(C)c2ccccc2N(c2ccc3c(c2)Cc2cc4ccc(-c5cc(C#N)cc(C#N)c5)cc4cc2C3)c2ccccc21.CC1(C)c2ccccc2N(c2ccc3c(c2)Cc2cc4ccc(Br)cc4cc2C3)c2ccccc21.[C-]#[N+]c1cc(C#N)cc(B(O)O)c1. The first kappa shape index (κ1) is 58.8. The second-order valence-electron chi connectivity index (χ2n) is 25.3. The molecular weight excluding hydrogens is 1190 g/mol. The molecule has 2 aliphatic carbocycles. The molecule has 16 rings (SSSR count). The van der Waals surface area contributed by atoms with Crippen LogP contribution in [0.1, 0.15) is 111 Å². The van der Waals surface area contributed by atoms with E-state index in [0.717, 1.165) is 41.3 Å². The summed E-state index contributed by atoms with van der Waals surface area (Å²) in [6.07, 6.45) is 3.77.